The number of nitrogens with zero attached hydrogens (tertiary/aromatic N) is 4. The van der Waals surface area contributed by atoms with Crippen molar-refractivity contribution in [2.45, 2.75) is 38.0 Å². The molecule has 0 spiro atoms. The van der Waals surface area contributed by atoms with Gasteiger partial charge in [0.05, 0.1) is 6.21 Å². The molecule has 0 amide bonds. The van der Waals surface area contributed by atoms with Crippen LogP contribution in [0.15, 0.2) is 55.5 Å². The first-order chi connectivity index (χ1) is 14.1. The van der Waals surface area contributed by atoms with Crippen molar-refractivity contribution in [3.63, 3.8) is 0 Å². The van der Waals surface area contributed by atoms with Crippen LogP contribution in [0.5, 0.6) is 5.75 Å². The first kappa shape index (κ1) is 21.5. The van der Waals surface area contributed by atoms with E-state index >= 15 is 0 Å². The Morgan fingerprint density at radius 1 is 1.24 bits per heavy atom. The highest BCUT2D eigenvalue weighted by Crippen LogP contribution is 2.24. The highest BCUT2D eigenvalue weighted by atomic mass is 79.9. The van der Waals surface area contributed by atoms with Crippen molar-refractivity contribution >= 4 is 33.9 Å². The Morgan fingerprint density at radius 2 is 2.03 bits per heavy atom. The van der Waals surface area contributed by atoms with E-state index in [0.717, 1.165) is 27.7 Å². The number of ether oxygens (including phenoxy) is 1. The number of hydrogen-bond donors (Lipinski definition) is 0. The molecule has 0 aliphatic heterocycles. The van der Waals surface area contributed by atoms with E-state index < -0.39 is 12.2 Å². The van der Waals surface area contributed by atoms with Gasteiger partial charge in [-0.15, -0.1) is 10.2 Å². The number of rotatable bonds is 10. The molecular weight excluding hydrogens is 466 g/mol. The Hall–Kier alpha value is -2.20. The summed E-state index contributed by atoms with van der Waals surface area (Å²) in [7, 11) is 0. The maximum absolute atomic E-state index is 13.2. The van der Waals surface area contributed by atoms with E-state index in [1.54, 1.807) is 12.1 Å². The number of aromatic nitrogens is 3. The van der Waals surface area contributed by atoms with Crippen molar-refractivity contribution in [1.82, 2.24) is 14.9 Å². The second kappa shape index (κ2) is 10.5. The van der Waals surface area contributed by atoms with Gasteiger partial charge in [0.25, 0.3) is 6.43 Å². The van der Waals surface area contributed by atoms with E-state index in [-0.39, 0.29) is 6.61 Å². The SMILES string of the molecule is CCCCSc1nnc(C(F)F)n1N=Cc1ccc(COc2ccc(Br)cc2)o1. The summed E-state index contributed by atoms with van der Waals surface area (Å²) in [5.74, 6) is 1.97. The summed E-state index contributed by atoms with van der Waals surface area (Å²) in [6, 6.07) is 10.9. The molecule has 0 aliphatic rings. The molecule has 2 aromatic heterocycles. The van der Waals surface area contributed by atoms with Crippen LogP contribution in [0.2, 0.25) is 0 Å². The molecule has 0 bridgehead atoms. The second-order valence-electron chi connectivity index (χ2n) is 5.95. The molecule has 0 unspecified atom stereocenters. The Labute approximate surface area is 179 Å². The molecular formula is C19H19BrF2N4O2S. The molecule has 0 saturated heterocycles. The predicted molar refractivity (Wildman–Crippen MR) is 111 cm³/mol. The molecule has 0 fully saturated rings. The molecule has 0 N–H and O–H groups in total. The van der Waals surface area contributed by atoms with Gasteiger partial charge in [0.15, 0.2) is 0 Å². The van der Waals surface area contributed by atoms with Crippen molar-refractivity contribution in [1.29, 1.82) is 0 Å². The molecule has 3 aromatic rings. The number of benzene rings is 1. The van der Waals surface area contributed by atoms with Crippen LogP contribution in [0.3, 0.4) is 0 Å². The highest BCUT2D eigenvalue weighted by Gasteiger charge is 2.20. The molecule has 0 aliphatic carbocycles. The van der Waals surface area contributed by atoms with Crippen molar-refractivity contribution in [3.05, 3.63) is 58.2 Å². The number of thioether (sulfide) groups is 1. The average molecular weight is 485 g/mol. The number of halogens is 3. The van der Waals surface area contributed by atoms with Crippen LogP contribution in [-0.4, -0.2) is 26.8 Å². The molecule has 0 saturated carbocycles. The van der Waals surface area contributed by atoms with Gasteiger partial charge in [-0.25, -0.2) is 8.78 Å². The fraction of sp³-hybridized carbons (Fsp3) is 0.316. The van der Waals surface area contributed by atoms with Crippen LogP contribution >= 0.6 is 27.7 Å². The van der Waals surface area contributed by atoms with Crippen molar-refractivity contribution in [2.24, 2.45) is 5.10 Å². The van der Waals surface area contributed by atoms with Gasteiger partial charge in [-0.2, -0.15) is 9.78 Å². The van der Waals surface area contributed by atoms with Gasteiger partial charge in [0, 0.05) is 10.2 Å². The standard InChI is InChI=1S/C19H19BrF2N4O2S/c1-2-3-10-29-19-25-24-18(17(21)22)26(19)23-11-15-8-9-16(28-15)12-27-14-6-4-13(20)5-7-14/h4-9,11,17H,2-3,10,12H2,1H3. The van der Waals surface area contributed by atoms with Gasteiger partial charge in [0.2, 0.25) is 11.0 Å². The quantitative estimate of drug-likeness (QED) is 0.203. The lowest BCUT2D eigenvalue weighted by Crippen LogP contribution is -2.01. The summed E-state index contributed by atoms with van der Waals surface area (Å²) in [5, 5.41) is 11.8. The molecule has 154 valence electrons. The van der Waals surface area contributed by atoms with E-state index in [4.69, 9.17) is 9.15 Å². The van der Waals surface area contributed by atoms with Crippen LogP contribution < -0.4 is 4.74 Å². The molecule has 2 heterocycles. The molecule has 29 heavy (non-hydrogen) atoms. The van der Waals surface area contributed by atoms with Crippen molar-refractivity contribution in [3.8, 4) is 5.75 Å². The number of alkyl halides is 2. The Bertz CT molecular complexity index is 944. The van der Waals surface area contributed by atoms with E-state index in [9.17, 15) is 8.78 Å². The van der Waals surface area contributed by atoms with Gasteiger partial charge in [-0.05, 0) is 42.8 Å². The third kappa shape index (κ3) is 6.14. The zero-order valence-electron chi connectivity index (χ0n) is 15.6. The monoisotopic (exact) mass is 484 g/mol. The van der Waals surface area contributed by atoms with E-state index in [1.165, 1.54) is 18.0 Å². The summed E-state index contributed by atoms with van der Waals surface area (Å²) in [6.45, 7) is 2.30. The largest absolute Gasteiger partial charge is 0.486 e. The zero-order chi connectivity index (χ0) is 20.6. The molecule has 6 nitrogen and oxygen atoms in total. The van der Waals surface area contributed by atoms with Crippen molar-refractivity contribution in [2.75, 3.05) is 5.75 Å². The summed E-state index contributed by atoms with van der Waals surface area (Å²) < 4.78 is 39.7. The lowest BCUT2D eigenvalue weighted by atomic mass is 10.3. The molecule has 1 aromatic carbocycles. The molecule has 0 radical (unpaired) electrons. The van der Waals surface area contributed by atoms with Gasteiger partial charge < -0.3 is 9.15 Å². The van der Waals surface area contributed by atoms with Crippen molar-refractivity contribution < 1.29 is 17.9 Å². The zero-order valence-corrected chi connectivity index (χ0v) is 18.0. The van der Waals surface area contributed by atoms with Gasteiger partial charge in [0.1, 0.15) is 23.9 Å². The Morgan fingerprint density at radius 3 is 2.76 bits per heavy atom. The van der Waals surface area contributed by atoms with Crippen LogP contribution in [0.25, 0.3) is 0 Å². The Balaban J connectivity index is 1.66. The fourth-order valence-corrected chi connectivity index (χ4v) is 3.50. The number of hydrogen-bond acceptors (Lipinski definition) is 6. The van der Waals surface area contributed by atoms with Crippen LogP contribution in [0.1, 0.15) is 43.5 Å². The molecule has 3 rings (SSSR count). The fourth-order valence-electron chi connectivity index (χ4n) is 2.26. The van der Waals surface area contributed by atoms with Gasteiger partial charge in [-0.3, -0.25) is 0 Å². The summed E-state index contributed by atoms with van der Waals surface area (Å²) in [5.41, 5.74) is 0. The smallest absolute Gasteiger partial charge is 0.299 e. The topological polar surface area (TPSA) is 65.4 Å². The van der Waals surface area contributed by atoms with Gasteiger partial charge in [-0.1, -0.05) is 41.0 Å². The first-order valence-corrected chi connectivity index (χ1v) is 10.7. The number of furan rings is 1. The summed E-state index contributed by atoms with van der Waals surface area (Å²) >= 11 is 4.71. The second-order valence-corrected chi connectivity index (χ2v) is 7.92. The lowest BCUT2D eigenvalue weighted by Gasteiger charge is -2.04. The maximum atomic E-state index is 13.2. The minimum atomic E-state index is -2.77. The lowest BCUT2D eigenvalue weighted by molar-refractivity contribution is 0.135. The number of unbranched alkanes of at least 4 members (excludes halogenated alkanes) is 1. The van der Waals surface area contributed by atoms with E-state index in [0.29, 0.717) is 22.4 Å². The first-order valence-electron chi connectivity index (χ1n) is 8.94. The molecule has 0 atom stereocenters. The van der Waals surface area contributed by atoms with E-state index in [2.05, 4.69) is 38.2 Å². The predicted octanol–water partition coefficient (Wildman–Crippen LogP) is 5.92. The Kier molecular flexibility index (Phi) is 7.82. The van der Waals surface area contributed by atoms with Gasteiger partial charge >= 0.3 is 0 Å². The summed E-state index contributed by atoms with van der Waals surface area (Å²) in [6.07, 6.45) is 0.545. The minimum absolute atomic E-state index is 0.239. The normalized spacial score (nSPS) is 11.6. The van der Waals surface area contributed by atoms with Crippen LogP contribution in [-0.2, 0) is 6.61 Å². The van der Waals surface area contributed by atoms with Crippen LogP contribution in [0.4, 0.5) is 8.78 Å². The average Bonchev–Trinajstić information content (AvgIpc) is 3.33. The van der Waals surface area contributed by atoms with E-state index in [1.807, 2.05) is 24.3 Å². The third-order valence-electron chi connectivity index (χ3n) is 3.74. The third-order valence-corrected chi connectivity index (χ3v) is 5.27. The summed E-state index contributed by atoms with van der Waals surface area (Å²) in [4.78, 5) is 0. The highest BCUT2D eigenvalue weighted by molar-refractivity contribution is 9.10. The molecule has 10 heteroatoms. The maximum Gasteiger partial charge on any atom is 0.299 e. The van der Waals surface area contributed by atoms with Crippen LogP contribution in [0, 0.1) is 0 Å². The minimum Gasteiger partial charge on any atom is -0.486 e.